The average Bonchev–Trinajstić information content (AvgIpc) is 3.32. The maximum Gasteiger partial charge on any atom is 0.123 e. The molecule has 1 aliphatic rings. The average molecular weight is 545 g/mol. The maximum absolute atomic E-state index is 10.7. The number of aromatic nitrogens is 2. The number of phenols is 1. The van der Waals surface area contributed by atoms with Crippen LogP contribution in [0.1, 0.15) is 48.8 Å². The summed E-state index contributed by atoms with van der Waals surface area (Å²) in [6.07, 6.45) is 1.87. The van der Waals surface area contributed by atoms with Crippen molar-refractivity contribution in [2.75, 3.05) is 0 Å². The van der Waals surface area contributed by atoms with Crippen LogP contribution in [0.2, 0.25) is 0 Å². The Morgan fingerprint density at radius 3 is 1.81 bits per heavy atom. The van der Waals surface area contributed by atoms with Crippen molar-refractivity contribution < 1.29 is 5.11 Å². The van der Waals surface area contributed by atoms with Gasteiger partial charge >= 0.3 is 0 Å². The lowest BCUT2D eigenvalue weighted by molar-refractivity contribution is 0.477. The van der Waals surface area contributed by atoms with Crippen molar-refractivity contribution in [3.05, 3.63) is 162 Å². The third-order valence-corrected chi connectivity index (χ3v) is 8.44. The number of rotatable bonds is 4. The van der Waals surface area contributed by atoms with Gasteiger partial charge in [0.15, 0.2) is 0 Å². The van der Waals surface area contributed by atoms with E-state index in [9.17, 15) is 5.11 Å². The fourth-order valence-electron chi connectivity index (χ4n) is 6.39. The number of nitrogens with zero attached hydrogens (tertiary/aromatic N) is 2. The van der Waals surface area contributed by atoms with Crippen molar-refractivity contribution >= 4 is 0 Å². The summed E-state index contributed by atoms with van der Waals surface area (Å²) in [7, 11) is 0. The van der Waals surface area contributed by atoms with Gasteiger partial charge in [0.2, 0.25) is 0 Å². The van der Waals surface area contributed by atoms with Crippen molar-refractivity contribution in [2.24, 2.45) is 0 Å². The normalized spacial score (nSPS) is 13.4. The number of fused-ring (bicyclic) bond motifs is 3. The summed E-state index contributed by atoms with van der Waals surface area (Å²) in [5.41, 5.74) is 10.8. The van der Waals surface area contributed by atoms with E-state index in [4.69, 9.17) is 9.97 Å². The lowest BCUT2D eigenvalue weighted by atomic mass is 9.72. The monoisotopic (exact) mass is 544 g/mol. The fraction of sp³-hybridized carbons (Fsp3) is 0.128. The zero-order valence-electron chi connectivity index (χ0n) is 24.0. The van der Waals surface area contributed by atoms with Crippen LogP contribution in [0, 0.1) is 0 Å². The third-order valence-electron chi connectivity index (χ3n) is 8.44. The number of hydrogen-bond donors (Lipinski definition) is 1. The van der Waals surface area contributed by atoms with E-state index in [1.165, 1.54) is 27.8 Å². The summed E-state index contributed by atoms with van der Waals surface area (Å²) in [5.74, 6) is 0.268. The van der Waals surface area contributed by atoms with Crippen LogP contribution >= 0.6 is 0 Å². The molecule has 0 atom stereocenters. The molecule has 4 aromatic carbocycles. The zero-order chi connectivity index (χ0) is 28.9. The van der Waals surface area contributed by atoms with Crippen molar-refractivity contribution in [2.45, 2.75) is 31.6 Å². The highest BCUT2D eigenvalue weighted by molar-refractivity contribution is 5.85. The molecule has 1 aliphatic carbocycles. The van der Waals surface area contributed by atoms with E-state index in [-0.39, 0.29) is 11.2 Å². The van der Waals surface area contributed by atoms with Gasteiger partial charge in [-0.05, 0) is 81.3 Å². The van der Waals surface area contributed by atoms with Crippen molar-refractivity contribution in [1.82, 2.24) is 9.97 Å². The van der Waals surface area contributed by atoms with Crippen LogP contribution in [0.15, 0.2) is 134 Å². The topological polar surface area (TPSA) is 46.0 Å². The number of phenolic OH excluding ortho intramolecular Hbond substituents is 1. The van der Waals surface area contributed by atoms with Crippen LogP contribution in [0.4, 0.5) is 0 Å². The van der Waals surface area contributed by atoms with E-state index in [1.54, 1.807) is 6.07 Å². The predicted octanol–water partition coefficient (Wildman–Crippen LogP) is 9.18. The van der Waals surface area contributed by atoms with Crippen LogP contribution in [0.5, 0.6) is 5.75 Å². The number of hydrogen-bond acceptors (Lipinski definition) is 3. The molecule has 7 rings (SSSR count). The molecule has 0 unspecified atom stereocenters. The Bertz CT molecular complexity index is 1890. The van der Waals surface area contributed by atoms with E-state index in [0.29, 0.717) is 0 Å². The lowest BCUT2D eigenvalue weighted by Crippen LogP contribution is -2.31. The van der Waals surface area contributed by atoms with Crippen LogP contribution in [-0.2, 0) is 10.8 Å². The quantitative estimate of drug-likeness (QED) is 0.240. The van der Waals surface area contributed by atoms with Crippen LogP contribution in [0.3, 0.4) is 0 Å². The highest BCUT2D eigenvalue weighted by Crippen LogP contribution is 2.55. The van der Waals surface area contributed by atoms with Gasteiger partial charge in [-0.25, -0.2) is 0 Å². The Hall–Kier alpha value is -5.02. The summed E-state index contributed by atoms with van der Waals surface area (Å²) < 4.78 is 0. The molecule has 0 fully saturated rings. The minimum absolute atomic E-state index is 0.0920. The van der Waals surface area contributed by atoms with Crippen LogP contribution in [-0.4, -0.2) is 15.1 Å². The van der Waals surface area contributed by atoms with E-state index < -0.39 is 5.41 Å². The molecule has 3 nitrogen and oxygen atoms in total. The molecule has 0 saturated heterocycles. The van der Waals surface area contributed by atoms with Gasteiger partial charge in [-0.1, -0.05) is 106 Å². The second-order valence-corrected chi connectivity index (χ2v) is 12.0. The fourth-order valence-corrected chi connectivity index (χ4v) is 6.39. The minimum atomic E-state index is -0.660. The molecule has 3 heteroatoms. The third kappa shape index (κ3) is 4.04. The first kappa shape index (κ1) is 25.9. The van der Waals surface area contributed by atoms with Crippen molar-refractivity contribution in [1.29, 1.82) is 0 Å². The van der Waals surface area contributed by atoms with E-state index in [2.05, 4.69) is 118 Å². The molecule has 6 aromatic rings. The molecule has 2 heterocycles. The molecule has 0 aliphatic heterocycles. The second-order valence-electron chi connectivity index (χ2n) is 12.0. The summed E-state index contributed by atoms with van der Waals surface area (Å²) in [4.78, 5) is 10.4. The molecule has 0 spiro atoms. The first-order chi connectivity index (χ1) is 20.4. The lowest BCUT2D eigenvalue weighted by Gasteiger charge is -2.31. The van der Waals surface area contributed by atoms with Crippen molar-refractivity contribution in [3.63, 3.8) is 0 Å². The molecular formula is C39H32N2O. The Morgan fingerprint density at radius 2 is 1.17 bits per heavy atom. The Labute approximate surface area is 247 Å². The van der Waals surface area contributed by atoms with Gasteiger partial charge in [-0.3, -0.25) is 9.97 Å². The van der Waals surface area contributed by atoms with E-state index in [1.807, 2.05) is 30.5 Å². The SMILES string of the molecule is CC(C)(C)c1cc(-c2cccc(C3(c4ccccn4)c4ccccc4-c4ccccc43)n2)cc(-c2ccccc2O)c1. The highest BCUT2D eigenvalue weighted by atomic mass is 16.3. The molecule has 0 amide bonds. The summed E-state index contributed by atoms with van der Waals surface area (Å²) in [6.45, 7) is 6.65. The molecular weight excluding hydrogens is 512 g/mol. The smallest absolute Gasteiger partial charge is 0.123 e. The Balaban J connectivity index is 1.50. The van der Waals surface area contributed by atoms with E-state index in [0.717, 1.165) is 33.8 Å². The molecule has 1 N–H and O–H groups in total. The summed E-state index contributed by atoms with van der Waals surface area (Å²) in [5, 5.41) is 10.7. The van der Waals surface area contributed by atoms with Crippen LogP contribution < -0.4 is 0 Å². The first-order valence-corrected chi connectivity index (χ1v) is 14.4. The van der Waals surface area contributed by atoms with Crippen LogP contribution in [0.25, 0.3) is 33.5 Å². The Kier molecular flexibility index (Phi) is 6.06. The zero-order valence-corrected chi connectivity index (χ0v) is 24.0. The largest absolute Gasteiger partial charge is 0.507 e. The second kappa shape index (κ2) is 9.81. The van der Waals surface area contributed by atoms with Gasteiger partial charge in [0.25, 0.3) is 0 Å². The summed E-state index contributed by atoms with van der Waals surface area (Å²) in [6, 6.07) is 43.8. The molecule has 2 aromatic heterocycles. The van der Waals surface area contributed by atoms with Gasteiger partial charge in [0.1, 0.15) is 11.2 Å². The van der Waals surface area contributed by atoms with Gasteiger partial charge in [-0.2, -0.15) is 0 Å². The van der Waals surface area contributed by atoms with Gasteiger partial charge in [0.05, 0.1) is 17.1 Å². The molecule has 0 saturated carbocycles. The maximum atomic E-state index is 10.7. The highest BCUT2D eigenvalue weighted by Gasteiger charge is 2.48. The summed E-state index contributed by atoms with van der Waals surface area (Å²) >= 11 is 0. The van der Waals surface area contributed by atoms with E-state index >= 15 is 0 Å². The van der Waals surface area contributed by atoms with Gasteiger partial charge in [0, 0.05) is 17.3 Å². The molecule has 204 valence electrons. The van der Waals surface area contributed by atoms with Gasteiger partial charge < -0.3 is 5.11 Å². The van der Waals surface area contributed by atoms with Crippen molar-refractivity contribution in [3.8, 4) is 39.3 Å². The predicted molar refractivity (Wildman–Crippen MR) is 171 cm³/mol. The van der Waals surface area contributed by atoms with Gasteiger partial charge in [-0.15, -0.1) is 0 Å². The number of aromatic hydroxyl groups is 1. The standard InChI is InChI=1S/C39H32N2O/c1-38(2,3)28-24-26(29-13-6-9-19-35(29)42)23-27(25-28)34-18-12-21-37(41-34)39(36-20-10-11-22-40-36)32-16-7-4-14-30(32)31-15-5-8-17-33(31)39/h4-25,42H,1-3H3. The molecule has 0 radical (unpaired) electrons. The number of benzene rings is 4. The minimum Gasteiger partial charge on any atom is -0.507 e. The first-order valence-electron chi connectivity index (χ1n) is 14.4. The molecule has 42 heavy (non-hydrogen) atoms. The number of para-hydroxylation sites is 1. The Morgan fingerprint density at radius 1 is 0.571 bits per heavy atom. The molecule has 0 bridgehead atoms. The number of pyridine rings is 2.